The molecule has 0 aliphatic carbocycles. The normalized spacial score (nSPS) is 10.1. The van der Waals surface area contributed by atoms with Gasteiger partial charge in [-0.1, -0.05) is 17.8 Å². The van der Waals surface area contributed by atoms with Gasteiger partial charge in [0.2, 0.25) is 0 Å². The molecule has 1 amide bonds. The Morgan fingerprint density at radius 3 is 2.70 bits per heavy atom. The van der Waals surface area contributed by atoms with Gasteiger partial charge in [-0.3, -0.25) is 4.79 Å². The average Bonchev–Trinajstić information content (AvgIpc) is 2.94. The highest BCUT2D eigenvalue weighted by Crippen LogP contribution is 2.20. The molecule has 0 unspecified atom stereocenters. The number of rotatable bonds is 4. The lowest BCUT2D eigenvalue weighted by Crippen LogP contribution is -2.26. The first-order valence-electron chi connectivity index (χ1n) is 6.26. The lowest BCUT2D eigenvalue weighted by atomic mass is 10.2. The van der Waals surface area contributed by atoms with E-state index in [2.05, 4.69) is 15.7 Å². The number of amides is 1. The number of benzene rings is 1. The lowest BCUT2D eigenvalue weighted by molar-refractivity contribution is 0.0996. The van der Waals surface area contributed by atoms with Gasteiger partial charge in [0.25, 0.3) is 5.91 Å². The van der Waals surface area contributed by atoms with Gasteiger partial charge in [0.1, 0.15) is 4.88 Å². The number of nitriles is 1. The maximum absolute atomic E-state index is 12.4. The number of carbonyl (C=O) groups excluding carboxylic acids is 1. The Morgan fingerprint density at radius 2 is 2.10 bits per heavy atom. The molecule has 0 spiro atoms. The van der Waals surface area contributed by atoms with Crippen molar-refractivity contribution in [2.24, 2.45) is 0 Å². The molecule has 2 rings (SSSR count). The molecule has 5 nitrogen and oxygen atoms in total. The molecule has 0 bridgehead atoms. The summed E-state index contributed by atoms with van der Waals surface area (Å²) in [4.78, 5) is 14.6. The van der Waals surface area contributed by atoms with Crippen LogP contribution in [0.5, 0.6) is 0 Å². The topological polar surface area (TPSA) is 69.9 Å². The first-order valence-corrected chi connectivity index (χ1v) is 7.04. The minimum Gasteiger partial charge on any atom is -0.311 e. The van der Waals surface area contributed by atoms with Crippen LogP contribution in [0.15, 0.2) is 24.3 Å². The fourth-order valence-electron chi connectivity index (χ4n) is 1.80. The highest BCUT2D eigenvalue weighted by Gasteiger charge is 2.20. The number of nitrogens with zero attached hydrogens (tertiary/aromatic N) is 4. The molecule has 0 aliphatic rings. The van der Waals surface area contributed by atoms with E-state index in [-0.39, 0.29) is 5.91 Å². The van der Waals surface area contributed by atoms with Crippen LogP contribution in [0.4, 0.5) is 5.69 Å². The van der Waals surface area contributed by atoms with Gasteiger partial charge in [-0.25, -0.2) is 0 Å². The van der Waals surface area contributed by atoms with E-state index in [1.165, 1.54) is 0 Å². The molecule has 0 saturated carbocycles. The summed E-state index contributed by atoms with van der Waals surface area (Å²) in [5.74, 6) is -0.117. The molecule has 1 heterocycles. The van der Waals surface area contributed by atoms with Gasteiger partial charge in [0.15, 0.2) is 0 Å². The average molecular weight is 286 g/mol. The number of aryl methyl sites for hydroxylation is 1. The molecule has 0 atom stereocenters. The van der Waals surface area contributed by atoms with Gasteiger partial charge < -0.3 is 4.90 Å². The Kier molecular flexibility index (Phi) is 4.43. The van der Waals surface area contributed by atoms with Gasteiger partial charge in [-0.05, 0) is 42.2 Å². The smallest absolute Gasteiger partial charge is 0.271 e. The van der Waals surface area contributed by atoms with Crippen molar-refractivity contribution in [1.82, 2.24) is 9.59 Å². The minimum atomic E-state index is -0.117. The van der Waals surface area contributed by atoms with Crippen molar-refractivity contribution in [2.75, 3.05) is 11.9 Å². The lowest BCUT2D eigenvalue weighted by Gasteiger charge is -2.16. The number of hydrogen-bond acceptors (Lipinski definition) is 5. The molecule has 0 radical (unpaired) electrons. The fourth-order valence-corrected chi connectivity index (χ4v) is 2.48. The van der Waals surface area contributed by atoms with E-state index in [9.17, 15) is 4.79 Å². The summed E-state index contributed by atoms with van der Waals surface area (Å²) >= 11 is 1.12. The minimum absolute atomic E-state index is 0.117. The van der Waals surface area contributed by atoms with E-state index in [4.69, 9.17) is 5.26 Å². The zero-order valence-electron chi connectivity index (χ0n) is 11.3. The summed E-state index contributed by atoms with van der Waals surface area (Å²) in [6.07, 6.45) is 1.67. The summed E-state index contributed by atoms with van der Waals surface area (Å²) in [6, 6.07) is 8.95. The largest absolute Gasteiger partial charge is 0.311 e. The van der Waals surface area contributed by atoms with Gasteiger partial charge in [0.05, 0.1) is 17.3 Å². The third-order valence-corrected chi connectivity index (χ3v) is 3.68. The molecule has 0 saturated heterocycles. The maximum atomic E-state index is 12.4. The van der Waals surface area contributed by atoms with Gasteiger partial charge in [0, 0.05) is 12.7 Å². The predicted octanol–water partition coefficient (Wildman–Crippen LogP) is 2.64. The molecule has 1 aromatic heterocycles. The van der Waals surface area contributed by atoms with E-state index in [1.54, 1.807) is 36.2 Å². The van der Waals surface area contributed by atoms with Crippen molar-refractivity contribution < 1.29 is 4.79 Å². The Hall–Kier alpha value is -2.26. The number of anilines is 1. The molecule has 6 heteroatoms. The molecule has 0 fully saturated rings. The quantitative estimate of drug-likeness (QED) is 0.866. The van der Waals surface area contributed by atoms with Crippen molar-refractivity contribution in [3.8, 4) is 6.07 Å². The predicted molar refractivity (Wildman–Crippen MR) is 77.8 cm³/mol. The highest BCUT2D eigenvalue weighted by atomic mass is 32.1. The monoisotopic (exact) mass is 286 g/mol. The summed E-state index contributed by atoms with van der Waals surface area (Å²) < 4.78 is 3.87. The van der Waals surface area contributed by atoms with Gasteiger partial charge in [-0.2, -0.15) is 5.26 Å². The van der Waals surface area contributed by atoms with Crippen LogP contribution in [0.3, 0.4) is 0 Å². The van der Waals surface area contributed by atoms with E-state index < -0.39 is 0 Å². The van der Waals surface area contributed by atoms with Crippen LogP contribution >= 0.6 is 11.5 Å². The summed E-state index contributed by atoms with van der Waals surface area (Å²) in [6.45, 7) is 2.04. The van der Waals surface area contributed by atoms with Crippen LogP contribution in [0.1, 0.15) is 34.3 Å². The second-order valence-electron chi connectivity index (χ2n) is 4.32. The van der Waals surface area contributed by atoms with Crippen molar-refractivity contribution >= 4 is 23.1 Å². The first kappa shape index (κ1) is 14.2. The Balaban J connectivity index is 2.23. The highest BCUT2D eigenvalue weighted by molar-refractivity contribution is 7.08. The summed E-state index contributed by atoms with van der Waals surface area (Å²) in [7, 11) is 1.71. The maximum Gasteiger partial charge on any atom is 0.271 e. The third kappa shape index (κ3) is 2.83. The molecular weight excluding hydrogens is 272 g/mol. The van der Waals surface area contributed by atoms with Crippen molar-refractivity contribution in [3.63, 3.8) is 0 Å². The third-order valence-electron chi connectivity index (χ3n) is 2.93. The fraction of sp³-hybridized carbons (Fsp3) is 0.286. The zero-order chi connectivity index (χ0) is 14.5. The number of hydrogen-bond donors (Lipinski definition) is 0. The SMILES string of the molecule is CCCc1nnsc1C(=O)N(C)c1ccc(C#N)cc1. The van der Waals surface area contributed by atoms with Crippen LogP contribution in [-0.2, 0) is 6.42 Å². The first-order chi connectivity index (χ1) is 9.67. The van der Waals surface area contributed by atoms with Crippen LogP contribution in [0.25, 0.3) is 0 Å². The number of carbonyl (C=O) groups is 1. The van der Waals surface area contributed by atoms with E-state index in [0.717, 1.165) is 35.8 Å². The second kappa shape index (κ2) is 6.26. The van der Waals surface area contributed by atoms with Crippen LogP contribution in [0.2, 0.25) is 0 Å². The van der Waals surface area contributed by atoms with Crippen molar-refractivity contribution in [1.29, 1.82) is 5.26 Å². The zero-order valence-corrected chi connectivity index (χ0v) is 12.1. The standard InChI is InChI=1S/C14H14N4OS/c1-3-4-12-13(20-17-16-12)14(19)18(2)11-7-5-10(9-15)6-8-11/h5-8H,3-4H2,1-2H3. The Labute approximate surface area is 121 Å². The Morgan fingerprint density at radius 1 is 1.40 bits per heavy atom. The molecule has 1 aromatic carbocycles. The molecule has 102 valence electrons. The molecule has 0 aliphatic heterocycles. The molecule has 20 heavy (non-hydrogen) atoms. The van der Waals surface area contributed by atoms with E-state index >= 15 is 0 Å². The van der Waals surface area contributed by atoms with Crippen molar-refractivity contribution in [2.45, 2.75) is 19.8 Å². The van der Waals surface area contributed by atoms with Crippen LogP contribution in [0, 0.1) is 11.3 Å². The summed E-state index contributed by atoms with van der Waals surface area (Å²) in [5, 5.41) is 12.8. The van der Waals surface area contributed by atoms with Crippen molar-refractivity contribution in [3.05, 3.63) is 40.4 Å². The molecule has 0 N–H and O–H groups in total. The number of aromatic nitrogens is 2. The van der Waals surface area contributed by atoms with E-state index in [0.29, 0.717) is 10.4 Å². The van der Waals surface area contributed by atoms with E-state index in [1.807, 2.05) is 6.92 Å². The van der Waals surface area contributed by atoms with Crippen LogP contribution < -0.4 is 4.90 Å². The molecule has 2 aromatic rings. The van der Waals surface area contributed by atoms with Gasteiger partial charge >= 0.3 is 0 Å². The Bertz CT molecular complexity index is 642. The summed E-state index contributed by atoms with van der Waals surface area (Å²) in [5.41, 5.74) is 2.06. The van der Waals surface area contributed by atoms with Crippen LogP contribution in [-0.4, -0.2) is 22.5 Å². The second-order valence-corrected chi connectivity index (χ2v) is 5.08. The van der Waals surface area contributed by atoms with Gasteiger partial charge in [-0.15, -0.1) is 5.10 Å². The molecular formula is C14H14N4OS.